The molecule has 0 radical (unpaired) electrons. The predicted octanol–water partition coefficient (Wildman–Crippen LogP) is 3.64. The number of benzene rings is 2. The molecule has 5 N–H and O–H groups in total. The molecule has 0 saturated carbocycles. The van der Waals surface area contributed by atoms with Crippen molar-refractivity contribution in [2.24, 2.45) is 11.1 Å². The number of aliphatic hydroxyl groups is 2. The number of carbonyl (C=O) groups is 1. The molecular weight excluding hydrogens is 490 g/mol. The summed E-state index contributed by atoms with van der Waals surface area (Å²) < 4.78 is 30.9. The molecule has 206 valence electrons. The van der Waals surface area contributed by atoms with Crippen molar-refractivity contribution in [3.8, 4) is 11.1 Å². The molecule has 1 aromatic heterocycles. The van der Waals surface area contributed by atoms with Gasteiger partial charge in [-0.3, -0.25) is 9.69 Å². The molecule has 3 atom stereocenters. The standard InChI is InChI=1S/C29H38F2N4O3/c1-29(2,3)27(35(26(37)18-36)13-12-24(32)28(38)33-4)25-14-20(22-15-21(30)10-11-23(22)31)17-34(25)16-19-8-6-5-7-9-19/h5-11,14-15,17,24,26-27,36-37H,12-13,16,18,32H2,1-4H3,(H,33,38)/t24-,26?,27?/m0/s1. The third kappa shape index (κ3) is 7.05. The third-order valence-electron chi connectivity index (χ3n) is 6.62. The van der Waals surface area contributed by atoms with Crippen LogP contribution in [0.2, 0.25) is 0 Å². The maximum Gasteiger partial charge on any atom is 0.236 e. The van der Waals surface area contributed by atoms with Gasteiger partial charge in [-0.1, -0.05) is 51.1 Å². The molecule has 0 spiro atoms. The van der Waals surface area contributed by atoms with Gasteiger partial charge < -0.3 is 25.8 Å². The molecule has 2 aromatic carbocycles. The molecule has 0 aliphatic rings. The van der Waals surface area contributed by atoms with Crippen LogP contribution in [0, 0.1) is 17.0 Å². The van der Waals surface area contributed by atoms with Gasteiger partial charge in [-0.2, -0.15) is 0 Å². The van der Waals surface area contributed by atoms with Crippen molar-refractivity contribution >= 4 is 5.91 Å². The Morgan fingerprint density at radius 3 is 2.42 bits per heavy atom. The van der Waals surface area contributed by atoms with Crippen molar-refractivity contribution in [1.82, 2.24) is 14.8 Å². The lowest BCUT2D eigenvalue weighted by molar-refractivity contribution is -0.122. The normalized spacial score (nSPS) is 14.4. The highest BCUT2D eigenvalue weighted by Gasteiger charge is 2.37. The van der Waals surface area contributed by atoms with Crippen molar-refractivity contribution in [1.29, 1.82) is 0 Å². The fourth-order valence-corrected chi connectivity index (χ4v) is 4.81. The quantitative estimate of drug-likeness (QED) is 0.285. The molecule has 0 fully saturated rings. The maximum atomic E-state index is 14.8. The zero-order chi connectivity index (χ0) is 28.0. The summed E-state index contributed by atoms with van der Waals surface area (Å²) in [6, 6.07) is 13.6. The summed E-state index contributed by atoms with van der Waals surface area (Å²) in [4.78, 5) is 13.8. The highest BCUT2D eigenvalue weighted by molar-refractivity contribution is 5.81. The SMILES string of the molecule is CNC(=O)[C@@H](N)CCN(C(O)CO)C(c1cc(-c2cc(F)ccc2F)cn1Cc1ccccc1)C(C)(C)C. The van der Waals surface area contributed by atoms with Crippen LogP contribution in [0.4, 0.5) is 8.78 Å². The summed E-state index contributed by atoms with van der Waals surface area (Å²) in [5.41, 5.74) is 7.91. The van der Waals surface area contributed by atoms with Gasteiger partial charge in [0, 0.05) is 43.2 Å². The van der Waals surface area contributed by atoms with E-state index in [0.717, 1.165) is 29.5 Å². The van der Waals surface area contributed by atoms with Gasteiger partial charge in [0.25, 0.3) is 0 Å². The average Bonchev–Trinajstić information content (AvgIpc) is 3.28. The van der Waals surface area contributed by atoms with Crippen LogP contribution >= 0.6 is 0 Å². The van der Waals surface area contributed by atoms with Gasteiger partial charge in [0.05, 0.1) is 18.7 Å². The second kappa shape index (κ2) is 12.6. The first kappa shape index (κ1) is 29.4. The first-order valence-corrected chi connectivity index (χ1v) is 12.7. The Kier molecular flexibility index (Phi) is 9.78. The molecular formula is C29H38F2N4O3. The number of nitrogens with one attached hydrogen (secondary N) is 1. The molecule has 0 saturated heterocycles. The Bertz CT molecular complexity index is 1210. The molecule has 3 rings (SSSR count). The lowest BCUT2D eigenvalue weighted by Crippen LogP contribution is -2.49. The van der Waals surface area contributed by atoms with E-state index in [-0.39, 0.29) is 24.4 Å². The lowest BCUT2D eigenvalue weighted by Gasteiger charge is -2.43. The average molecular weight is 529 g/mol. The first-order chi connectivity index (χ1) is 18.0. The number of aliphatic hydroxyl groups excluding tert-OH is 2. The first-order valence-electron chi connectivity index (χ1n) is 12.7. The molecule has 1 heterocycles. The van der Waals surface area contributed by atoms with E-state index in [4.69, 9.17) is 5.73 Å². The molecule has 0 aliphatic carbocycles. The second-order valence-electron chi connectivity index (χ2n) is 10.6. The van der Waals surface area contributed by atoms with Crippen LogP contribution in [0.15, 0.2) is 60.8 Å². The second-order valence-corrected chi connectivity index (χ2v) is 10.6. The van der Waals surface area contributed by atoms with Crippen LogP contribution in [0.5, 0.6) is 0 Å². The van der Waals surface area contributed by atoms with E-state index in [1.807, 2.05) is 55.7 Å². The van der Waals surface area contributed by atoms with Crippen LogP contribution < -0.4 is 11.1 Å². The predicted molar refractivity (Wildman–Crippen MR) is 144 cm³/mol. The van der Waals surface area contributed by atoms with E-state index in [9.17, 15) is 23.8 Å². The van der Waals surface area contributed by atoms with Gasteiger partial charge in [0.2, 0.25) is 5.91 Å². The topological polar surface area (TPSA) is 104 Å². The molecule has 38 heavy (non-hydrogen) atoms. The van der Waals surface area contributed by atoms with Gasteiger partial charge in [0.15, 0.2) is 0 Å². The molecule has 0 bridgehead atoms. The summed E-state index contributed by atoms with van der Waals surface area (Å²) in [5.74, 6) is -1.43. The number of halogens is 2. The Morgan fingerprint density at radius 2 is 1.82 bits per heavy atom. The summed E-state index contributed by atoms with van der Waals surface area (Å²) in [6.07, 6.45) is 0.762. The van der Waals surface area contributed by atoms with Crippen LogP contribution in [-0.4, -0.2) is 58.1 Å². The van der Waals surface area contributed by atoms with Crippen LogP contribution in [0.25, 0.3) is 11.1 Å². The molecule has 3 aromatic rings. The Hall–Kier alpha value is -3.11. The van der Waals surface area contributed by atoms with Crippen molar-refractivity contribution in [3.63, 3.8) is 0 Å². The van der Waals surface area contributed by atoms with E-state index >= 15 is 0 Å². The minimum absolute atomic E-state index is 0.126. The van der Waals surface area contributed by atoms with Crippen molar-refractivity contribution < 1.29 is 23.8 Å². The molecule has 7 nitrogen and oxygen atoms in total. The fourth-order valence-electron chi connectivity index (χ4n) is 4.81. The fraction of sp³-hybridized carbons (Fsp3) is 0.414. The largest absolute Gasteiger partial charge is 0.392 e. The van der Waals surface area contributed by atoms with E-state index in [0.29, 0.717) is 12.1 Å². The summed E-state index contributed by atoms with van der Waals surface area (Å²) in [6.45, 7) is 6.10. The van der Waals surface area contributed by atoms with E-state index in [1.54, 1.807) is 17.2 Å². The van der Waals surface area contributed by atoms with Gasteiger partial charge in [-0.15, -0.1) is 0 Å². The number of aromatic nitrogens is 1. The summed E-state index contributed by atoms with van der Waals surface area (Å²) >= 11 is 0. The zero-order valence-electron chi connectivity index (χ0n) is 22.4. The number of amides is 1. The smallest absolute Gasteiger partial charge is 0.236 e. The molecule has 0 aliphatic heterocycles. The van der Waals surface area contributed by atoms with Crippen LogP contribution in [-0.2, 0) is 11.3 Å². The van der Waals surface area contributed by atoms with E-state index in [2.05, 4.69) is 5.32 Å². The monoisotopic (exact) mass is 528 g/mol. The Balaban J connectivity index is 2.16. The lowest BCUT2D eigenvalue weighted by atomic mass is 9.82. The molecule has 9 heteroatoms. The third-order valence-corrected chi connectivity index (χ3v) is 6.62. The number of likely N-dealkylation sites (N-methyl/N-ethyl adjacent to an activating group) is 1. The number of nitrogens with two attached hydrogens (primary N) is 1. The van der Waals surface area contributed by atoms with Crippen molar-refractivity contribution in [2.45, 2.75) is 52.0 Å². The van der Waals surface area contributed by atoms with E-state index in [1.165, 1.54) is 7.05 Å². The Labute approximate surface area is 222 Å². The van der Waals surface area contributed by atoms with Crippen LogP contribution in [0.3, 0.4) is 0 Å². The summed E-state index contributed by atoms with van der Waals surface area (Å²) in [5, 5.41) is 23.4. The highest BCUT2D eigenvalue weighted by Crippen LogP contribution is 2.41. The van der Waals surface area contributed by atoms with Gasteiger partial charge >= 0.3 is 0 Å². The highest BCUT2D eigenvalue weighted by atomic mass is 19.1. The maximum absolute atomic E-state index is 14.8. The van der Waals surface area contributed by atoms with Crippen LogP contribution in [0.1, 0.15) is 44.5 Å². The van der Waals surface area contributed by atoms with Gasteiger partial charge in [0.1, 0.15) is 17.9 Å². The molecule has 1 amide bonds. The number of nitrogens with zero attached hydrogens (tertiary/aromatic N) is 2. The number of carbonyl (C=O) groups excluding carboxylic acids is 1. The van der Waals surface area contributed by atoms with Gasteiger partial charge in [-0.25, -0.2) is 8.78 Å². The number of hydrogen-bond donors (Lipinski definition) is 4. The molecule has 2 unspecified atom stereocenters. The van der Waals surface area contributed by atoms with Crippen molar-refractivity contribution in [2.75, 3.05) is 20.2 Å². The Morgan fingerprint density at radius 1 is 1.13 bits per heavy atom. The number of hydrogen-bond acceptors (Lipinski definition) is 5. The van der Waals surface area contributed by atoms with E-state index < -0.39 is 42.0 Å². The zero-order valence-corrected chi connectivity index (χ0v) is 22.4. The minimum Gasteiger partial charge on any atom is -0.392 e. The van der Waals surface area contributed by atoms with Crippen molar-refractivity contribution in [3.05, 3.63) is 83.7 Å². The van der Waals surface area contributed by atoms with Gasteiger partial charge in [-0.05, 0) is 41.7 Å². The summed E-state index contributed by atoms with van der Waals surface area (Å²) in [7, 11) is 1.50. The number of rotatable bonds is 11. The minimum atomic E-state index is -1.24.